The summed E-state index contributed by atoms with van der Waals surface area (Å²) in [6.45, 7) is 8.08. The van der Waals surface area contributed by atoms with Crippen LogP contribution in [0.1, 0.15) is 27.7 Å². The lowest BCUT2D eigenvalue weighted by molar-refractivity contribution is -0.138. The van der Waals surface area contributed by atoms with Crippen LogP contribution in [-0.4, -0.2) is 12.5 Å². The van der Waals surface area contributed by atoms with E-state index in [9.17, 15) is 4.79 Å². The maximum Gasteiger partial charge on any atom is 0.261 e. The molecule has 0 fully saturated rings. The lowest BCUT2D eigenvalue weighted by Crippen LogP contribution is -2.33. The molecule has 0 aromatic carbocycles. The lowest BCUT2D eigenvalue weighted by atomic mass is 9.97. The smallest absolute Gasteiger partial charge is 0.261 e. The van der Waals surface area contributed by atoms with E-state index >= 15 is 0 Å². The van der Waals surface area contributed by atoms with Crippen LogP contribution in [0.15, 0.2) is 0 Å². The average molecular weight is 198 g/mol. The quantitative estimate of drug-likeness (QED) is 0.681. The summed E-state index contributed by atoms with van der Waals surface area (Å²) in [5.74, 6) is -0.636. The molecular formula is C10H18N2O2. The minimum absolute atomic E-state index is 0.00245. The number of amides is 1. The van der Waals surface area contributed by atoms with Gasteiger partial charge >= 0.3 is 0 Å². The Balaban J connectivity index is 3.89. The molecule has 4 nitrogen and oxygen atoms in total. The zero-order valence-electron chi connectivity index (χ0n) is 9.20. The van der Waals surface area contributed by atoms with E-state index in [4.69, 9.17) is 10.1 Å². The highest BCUT2D eigenvalue weighted by Crippen LogP contribution is 2.09. The molecule has 80 valence electrons. The molecular weight excluding hydrogens is 180 g/mol. The predicted molar refractivity (Wildman–Crippen MR) is 52.9 cm³/mol. The van der Waals surface area contributed by atoms with E-state index in [1.165, 1.54) is 0 Å². The molecule has 0 saturated heterocycles. The number of carbonyl (C=O) groups is 1. The second-order valence-corrected chi connectivity index (χ2v) is 4.02. The summed E-state index contributed by atoms with van der Waals surface area (Å²) in [7, 11) is 0. The van der Waals surface area contributed by atoms with Crippen LogP contribution in [0, 0.1) is 29.1 Å². The molecule has 0 bridgehead atoms. The summed E-state index contributed by atoms with van der Waals surface area (Å²) in [5, 5.41) is 8.71. The maximum atomic E-state index is 11.3. The summed E-state index contributed by atoms with van der Waals surface area (Å²) >= 11 is 0. The monoisotopic (exact) mass is 198 g/mol. The van der Waals surface area contributed by atoms with Gasteiger partial charge in [-0.1, -0.05) is 27.7 Å². The Morgan fingerprint density at radius 3 is 2.36 bits per heavy atom. The SMILES string of the molecule is CC(C)CONC(=O)C(C#N)C(C)C. The van der Waals surface area contributed by atoms with Crippen LogP contribution in [0.4, 0.5) is 0 Å². The van der Waals surface area contributed by atoms with Crippen LogP contribution >= 0.6 is 0 Å². The van der Waals surface area contributed by atoms with E-state index in [0.29, 0.717) is 12.5 Å². The molecule has 0 radical (unpaired) electrons. The van der Waals surface area contributed by atoms with Crippen LogP contribution in [0.25, 0.3) is 0 Å². The number of rotatable bonds is 5. The van der Waals surface area contributed by atoms with Crippen molar-refractivity contribution < 1.29 is 9.63 Å². The summed E-state index contributed by atoms with van der Waals surface area (Å²) < 4.78 is 0. The molecule has 1 unspecified atom stereocenters. The first-order chi connectivity index (χ1) is 6.49. The van der Waals surface area contributed by atoms with Crippen molar-refractivity contribution in [2.75, 3.05) is 6.61 Å². The van der Waals surface area contributed by atoms with E-state index < -0.39 is 5.92 Å². The van der Waals surface area contributed by atoms with Crippen LogP contribution in [0.5, 0.6) is 0 Å². The molecule has 0 saturated carbocycles. The Morgan fingerprint density at radius 1 is 1.43 bits per heavy atom. The molecule has 1 amide bonds. The Labute approximate surface area is 85.2 Å². The summed E-state index contributed by atoms with van der Waals surface area (Å²) in [5.41, 5.74) is 2.28. The van der Waals surface area contributed by atoms with E-state index in [1.54, 1.807) is 0 Å². The number of hydrogen-bond donors (Lipinski definition) is 1. The van der Waals surface area contributed by atoms with Gasteiger partial charge in [-0.3, -0.25) is 9.63 Å². The Kier molecular flexibility index (Phi) is 5.89. The van der Waals surface area contributed by atoms with Crippen molar-refractivity contribution in [2.45, 2.75) is 27.7 Å². The van der Waals surface area contributed by atoms with Crippen molar-refractivity contribution in [3.63, 3.8) is 0 Å². The Bertz CT molecular complexity index is 219. The molecule has 0 aromatic heterocycles. The number of nitrogens with one attached hydrogen (secondary N) is 1. The zero-order chi connectivity index (χ0) is 11.1. The van der Waals surface area contributed by atoms with E-state index in [1.807, 2.05) is 33.8 Å². The molecule has 0 aliphatic carbocycles. The molecule has 14 heavy (non-hydrogen) atoms. The van der Waals surface area contributed by atoms with Gasteiger partial charge < -0.3 is 0 Å². The topological polar surface area (TPSA) is 62.1 Å². The van der Waals surface area contributed by atoms with Crippen LogP contribution in [-0.2, 0) is 9.63 Å². The van der Waals surface area contributed by atoms with Gasteiger partial charge in [0.05, 0.1) is 12.7 Å². The largest absolute Gasteiger partial charge is 0.273 e. The van der Waals surface area contributed by atoms with Crippen LogP contribution < -0.4 is 5.48 Å². The predicted octanol–water partition coefficient (Wildman–Crippen LogP) is 1.49. The van der Waals surface area contributed by atoms with Crippen LogP contribution in [0.2, 0.25) is 0 Å². The van der Waals surface area contributed by atoms with Crippen LogP contribution in [0.3, 0.4) is 0 Å². The number of hydroxylamine groups is 1. The Hall–Kier alpha value is -1.08. The van der Waals surface area contributed by atoms with Crippen molar-refractivity contribution in [3.05, 3.63) is 0 Å². The molecule has 4 heteroatoms. The van der Waals surface area contributed by atoms with Gasteiger partial charge in [-0.2, -0.15) is 5.26 Å². The third-order valence-corrected chi connectivity index (χ3v) is 1.68. The fourth-order valence-electron chi connectivity index (χ4n) is 0.853. The summed E-state index contributed by atoms with van der Waals surface area (Å²) in [4.78, 5) is 16.3. The van der Waals surface area contributed by atoms with E-state index in [2.05, 4.69) is 5.48 Å². The minimum Gasteiger partial charge on any atom is -0.273 e. The molecule has 0 aliphatic rings. The van der Waals surface area contributed by atoms with Crippen molar-refractivity contribution in [3.8, 4) is 6.07 Å². The first-order valence-corrected chi connectivity index (χ1v) is 4.80. The van der Waals surface area contributed by atoms with E-state index in [0.717, 1.165) is 0 Å². The first kappa shape index (κ1) is 12.9. The number of nitrogens with zero attached hydrogens (tertiary/aromatic N) is 1. The summed E-state index contributed by atoms with van der Waals surface area (Å²) in [6, 6.07) is 1.95. The second kappa shape index (κ2) is 6.39. The number of nitriles is 1. The molecule has 0 aliphatic heterocycles. The van der Waals surface area contributed by atoms with Crippen molar-refractivity contribution in [1.82, 2.24) is 5.48 Å². The van der Waals surface area contributed by atoms with Gasteiger partial charge in [-0.05, 0) is 11.8 Å². The van der Waals surface area contributed by atoms with Gasteiger partial charge in [0.1, 0.15) is 5.92 Å². The Morgan fingerprint density at radius 2 is 2.00 bits per heavy atom. The molecule has 0 rings (SSSR count). The molecule has 0 aromatic rings. The molecule has 1 atom stereocenters. The van der Waals surface area contributed by atoms with Gasteiger partial charge in [-0.25, -0.2) is 5.48 Å². The van der Waals surface area contributed by atoms with Crippen molar-refractivity contribution >= 4 is 5.91 Å². The molecule has 1 N–H and O–H groups in total. The second-order valence-electron chi connectivity index (χ2n) is 4.02. The highest BCUT2D eigenvalue weighted by Gasteiger charge is 2.21. The van der Waals surface area contributed by atoms with E-state index in [-0.39, 0.29) is 11.8 Å². The molecule has 0 heterocycles. The maximum absolute atomic E-state index is 11.3. The zero-order valence-corrected chi connectivity index (χ0v) is 9.20. The highest BCUT2D eigenvalue weighted by atomic mass is 16.6. The van der Waals surface area contributed by atoms with Crippen molar-refractivity contribution in [2.24, 2.45) is 17.8 Å². The number of hydrogen-bond acceptors (Lipinski definition) is 3. The lowest BCUT2D eigenvalue weighted by Gasteiger charge is -2.13. The van der Waals surface area contributed by atoms with Gasteiger partial charge in [0.2, 0.25) is 0 Å². The van der Waals surface area contributed by atoms with Gasteiger partial charge in [0.25, 0.3) is 5.91 Å². The van der Waals surface area contributed by atoms with Gasteiger partial charge in [0, 0.05) is 0 Å². The van der Waals surface area contributed by atoms with Crippen molar-refractivity contribution in [1.29, 1.82) is 5.26 Å². The standard InChI is InChI=1S/C10H18N2O2/c1-7(2)6-14-12-10(13)9(5-11)8(3)4/h7-9H,6H2,1-4H3,(H,12,13). The minimum atomic E-state index is -0.637. The normalized spacial score (nSPS) is 12.6. The average Bonchev–Trinajstić information content (AvgIpc) is 2.03. The summed E-state index contributed by atoms with van der Waals surface area (Å²) in [6.07, 6.45) is 0. The van der Waals surface area contributed by atoms with Gasteiger partial charge in [-0.15, -0.1) is 0 Å². The molecule has 0 spiro atoms. The van der Waals surface area contributed by atoms with Gasteiger partial charge in [0.15, 0.2) is 0 Å². The first-order valence-electron chi connectivity index (χ1n) is 4.80. The highest BCUT2D eigenvalue weighted by molar-refractivity contribution is 5.80. The fraction of sp³-hybridized carbons (Fsp3) is 0.800. The third-order valence-electron chi connectivity index (χ3n) is 1.68. The fourth-order valence-corrected chi connectivity index (χ4v) is 0.853. The number of carbonyl (C=O) groups excluding carboxylic acids is 1. The third kappa shape index (κ3) is 4.83.